The molecule has 0 bridgehead atoms. The lowest BCUT2D eigenvalue weighted by Crippen LogP contribution is -2.47. The molecule has 1 aliphatic heterocycles. The van der Waals surface area contributed by atoms with Gasteiger partial charge >= 0.3 is 0 Å². The Morgan fingerprint density at radius 2 is 1.65 bits per heavy atom. The van der Waals surface area contributed by atoms with Gasteiger partial charge in [0.05, 0.1) is 7.11 Å². The summed E-state index contributed by atoms with van der Waals surface area (Å²) in [5, 5.41) is 2.83. The van der Waals surface area contributed by atoms with Crippen molar-refractivity contribution < 1.29 is 14.3 Å². The number of anilines is 1. The highest BCUT2D eigenvalue weighted by Gasteiger charge is 2.21. The Bertz CT molecular complexity index is 798. The highest BCUT2D eigenvalue weighted by Crippen LogP contribution is 2.18. The molecule has 0 spiro atoms. The van der Waals surface area contributed by atoms with Crippen LogP contribution in [-0.4, -0.2) is 62.0 Å². The molecule has 2 aromatic rings. The maximum Gasteiger partial charge on any atom is 0.255 e. The van der Waals surface area contributed by atoms with E-state index in [9.17, 15) is 9.59 Å². The van der Waals surface area contributed by atoms with E-state index in [0.29, 0.717) is 35.7 Å². The minimum Gasteiger partial charge on any atom is -0.497 e. The molecule has 2 amide bonds. The summed E-state index contributed by atoms with van der Waals surface area (Å²) in [6.45, 7) is 3.13. The molecule has 1 saturated heterocycles. The summed E-state index contributed by atoms with van der Waals surface area (Å²) in [5.74, 6) is 0.377. The first-order valence-electron chi connectivity index (χ1n) is 8.60. The molecule has 1 aliphatic rings. The maximum absolute atomic E-state index is 12.7. The number of likely N-dealkylation sites (N-methyl/N-ethyl adjacent to an activating group) is 1. The molecule has 1 N–H and O–H groups in total. The van der Waals surface area contributed by atoms with E-state index in [2.05, 4.69) is 10.2 Å². The van der Waals surface area contributed by atoms with Gasteiger partial charge in [-0.25, -0.2) is 0 Å². The fraction of sp³-hybridized carbons (Fsp3) is 0.300. The van der Waals surface area contributed by atoms with E-state index in [1.165, 1.54) is 0 Å². The van der Waals surface area contributed by atoms with Gasteiger partial charge in [-0.3, -0.25) is 9.59 Å². The average Bonchev–Trinajstić information content (AvgIpc) is 2.68. The zero-order chi connectivity index (χ0) is 18.5. The number of ether oxygens (including phenoxy) is 1. The first kappa shape index (κ1) is 17.9. The van der Waals surface area contributed by atoms with E-state index in [-0.39, 0.29) is 11.8 Å². The smallest absolute Gasteiger partial charge is 0.255 e. The lowest BCUT2D eigenvalue weighted by molar-refractivity contribution is 0.0664. The molecule has 3 rings (SSSR count). The topological polar surface area (TPSA) is 61.9 Å². The van der Waals surface area contributed by atoms with Crippen LogP contribution in [0.25, 0.3) is 0 Å². The third-order valence-electron chi connectivity index (χ3n) is 4.49. The van der Waals surface area contributed by atoms with Crippen molar-refractivity contribution in [1.29, 1.82) is 0 Å². The number of nitrogens with one attached hydrogen (secondary N) is 1. The highest BCUT2D eigenvalue weighted by molar-refractivity contribution is 6.06. The van der Waals surface area contributed by atoms with Gasteiger partial charge in [0, 0.05) is 49.1 Å². The quantitative estimate of drug-likeness (QED) is 0.916. The minimum atomic E-state index is -0.258. The number of amides is 2. The second-order valence-corrected chi connectivity index (χ2v) is 6.36. The number of hydrogen-bond acceptors (Lipinski definition) is 4. The molecule has 26 heavy (non-hydrogen) atoms. The molecular formula is C20H23N3O3. The number of carbonyl (C=O) groups is 2. The van der Waals surface area contributed by atoms with Crippen LogP contribution in [-0.2, 0) is 0 Å². The van der Waals surface area contributed by atoms with E-state index in [1.54, 1.807) is 43.5 Å². The van der Waals surface area contributed by atoms with Crippen LogP contribution >= 0.6 is 0 Å². The molecule has 0 atom stereocenters. The van der Waals surface area contributed by atoms with Crippen molar-refractivity contribution in [2.75, 3.05) is 45.7 Å². The lowest BCUT2D eigenvalue weighted by atomic mass is 10.1. The Labute approximate surface area is 153 Å². The maximum atomic E-state index is 12.7. The third-order valence-corrected chi connectivity index (χ3v) is 4.49. The summed E-state index contributed by atoms with van der Waals surface area (Å²) >= 11 is 0. The van der Waals surface area contributed by atoms with Crippen LogP contribution in [0.1, 0.15) is 20.7 Å². The zero-order valence-electron chi connectivity index (χ0n) is 15.1. The van der Waals surface area contributed by atoms with E-state index in [0.717, 1.165) is 13.1 Å². The first-order valence-corrected chi connectivity index (χ1v) is 8.60. The van der Waals surface area contributed by atoms with Crippen LogP contribution < -0.4 is 10.1 Å². The predicted molar refractivity (Wildman–Crippen MR) is 101 cm³/mol. The Hall–Kier alpha value is -2.86. The number of rotatable bonds is 4. The summed E-state index contributed by atoms with van der Waals surface area (Å²) in [7, 11) is 3.62. The number of nitrogens with zero attached hydrogens (tertiary/aromatic N) is 2. The Morgan fingerprint density at radius 3 is 2.38 bits per heavy atom. The highest BCUT2D eigenvalue weighted by atomic mass is 16.5. The predicted octanol–water partition coefficient (Wildman–Crippen LogP) is 2.34. The van der Waals surface area contributed by atoms with E-state index in [4.69, 9.17) is 4.74 Å². The van der Waals surface area contributed by atoms with Crippen molar-refractivity contribution in [3.63, 3.8) is 0 Å². The van der Waals surface area contributed by atoms with Crippen molar-refractivity contribution in [3.05, 3.63) is 59.7 Å². The molecule has 0 unspecified atom stereocenters. The monoisotopic (exact) mass is 353 g/mol. The Morgan fingerprint density at radius 1 is 0.962 bits per heavy atom. The van der Waals surface area contributed by atoms with E-state index in [1.807, 2.05) is 24.1 Å². The van der Waals surface area contributed by atoms with Crippen molar-refractivity contribution in [2.24, 2.45) is 0 Å². The summed E-state index contributed by atoms with van der Waals surface area (Å²) in [4.78, 5) is 29.2. The van der Waals surface area contributed by atoms with Crippen LogP contribution in [0, 0.1) is 0 Å². The summed E-state index contributed by atoms with van der Waals surface area (Å²) in [5.41, 5.74) is 1.63. The molecule has 1 heterocycles. The van der Waals surface area contributed by atoms with Crippen LogP contribution in [0.15, 0.2) is 48.5 Å². The Kier molecular flexibility index (Phi) is 5.53. The molecule has 0 radical (unpaired) electrons. The molecule has 1 fully saturated rings. The molecule has 0 aliphatic carbocycles. The lowest BCUT2D eigenvalue weighted by Gasteiger charge is -2.32. The van der Waals surface area contributed by atoms with Gasteiger partial charge in [-0.2, -0.15) is 0 Å². The fourth-order valence-corrected chi connectivity index (χ4v) is 2.89. The van der Waals surface area contributed by atoms with Crippen molar-refractivity contribution >= 4 is 17.5 Å². The molecule has 0 saturated carbocycles. The molecule has 6 nitrogen and oxygen atoms in total. The zero-order valence-corrected chi connectivity index (χ0v) is 15.1. The third kappa shape index (κ3) is 4.21. The summed E-state index contributed by atoms with van der Waals surface area (Å²) in [6, 6.07) is 14.0. The second kappa shape index (κ2) is 8.01. The van der Waals surface area contributed by atoms with Gasteiger partial charge in [-0.1, -0.05) is 12.1 Å². The van der Waals surface area contributed by atoms with Crippen molar-refractivity contribution in [2.45, 2.75) is 0 Å². The van der Waals surface area contributed by atoms with E-state index >= 15 is 0 Å². The number of piperazine rings is 1. The number of methoxy groups -OCH3 is 1. The van der Waals surface area contributed by atoms with Crippen LogP contribution in [0.4, 0.5) is 5.69 Å². The van der Waals surface area contributed by atoms with Crippen LogP contribution in [0.2, 0.25) is 0 Å². The van der Waals surface area contributed by atoms with Gasteiger partial charge in [-0.15, -0.1) is 0 Å². The normalized spacial score (nSPS) is 14.8. The van der Waals surface area contributed by atoms with Gasteiger partial charge < -0.3 is 19.9 Å². The molecule has 6 heteroatoms. The number of carbonyl (C=O) groups excluding carboxylic acids is 2. The number of benzene rings is 2. The average molecular weight is 353 g/mol. The molecule has 0 aromatic heterocycles. The minimum absolute atomic E-state index is 0.0332. The molecule has 136 valence electrons. The molecule has 2 aromatic carbocycles. The summed E-state index contributed by atoms with van der Waals surface area (Å²) < 4.78 is 5.16. The van der Waals surface area contributed by atoms with Crippen molar-refractivity contribution in [1.82, 2.24) is 9.80 Å². The van der Waals surface area contributed by atoms with Gasteiger partial charge in [-0.05, 0) is 37.4 Å². The second-order valence-electron chi connectivity index (χ2n) is 6.36. The largest absolute Gasteiger partial charge is 0.497 e. The van der Waals surface area contributed by atoms with Crippen LogP contribution in [0.3, 0.4) is 0 Å². The number of hydrogen-bond donors (Lipinski definition) is 1. The first-order chi connectivity index (χ1) is 12.6. The van der Waals surface area contributed by atoms with E-state index < -0.39 is 0 Å². The van der Waals surface area contributed by atoms with Gasteiger partial charge in [0.2, 0.25) is 0 Å². The fourth-order valence-electron chi connectivity index (χ4n) is 2.89. The van der Waals surface area contributed by atoms with Crippen LogP contribution in [0.5, 0.6) is 5.75 Å². The summed E-state index contributed by atoms with van der Waals surface area (Å²) in [6.07, 6.45) is 0. The standard InChI is InChI=1S/C20H23N3O3/c1-22-9-11-23(12-10-22)20(25)16-6-3-5-15(13-16)19(24)21-17-7-4-8-18(14-17)26-2/h3-8,13-14H,9-12H2,1-2H3,(H,21,24). The molecular weight excluding hydrogens is 330 g/mol. The van der Waals surface area contributed by atoms with Crippen molar-refractivity contribution in [3.8, 4) is 5.75 Å². The SMILES string of the molecule is COc1cccc(NC(=O)c2cccc(C(=O)N3CCN(C)CC3)c2)c1. The van der Waals surface area contributed by atoms with Gasteiger partial charge in [0.25, 0.3) is 11.8 Å². The van der Waals surface area contributed by atoms with Gasteiger partial charge in [0.1, 0.15) is 5.75 Å². The Balaban J connectivity index is 1.71. The van der Waals surface area contributed by atoms with Gasteiger partial charge in [0.15, 0.2) is 0 Å².